The third kappa shape index (κ3) is 3.38. The number of carbonyl (C=O) groups excluding carboxylic acids is 1. The molecule has 138 valence electrons. The molecule has 1 fully saturated rings. The zero-order chi connectivity index (χ0) is 19.0. The lowest BCUT2D eigenvalue weighted by atomic mass is 10.1. The number of rotatable bonds is 3. The number of benzene rings is 1. The molecule has 1 amide bonds. The maximum Gasteiger partial charge on any atom is 0.259 e. The molecule has 1 aliphatic rings. The molecule has 0 spiro atoms. The fourth-order valence-electron chi connectivity index (χ4n) is 3.13. The molecule has 0 saturated carbocycles. The van der Waals surface area contributed by atoms with Crippen molar-refractivity contribution in [1.82, 2.24) is 14.3 Å². The number of fused-ring (bicyclic) bond motifs is 1. The number of hydrogen-bond donors (Lipinski definition) is 0. The Morgan fingerprint density at radius 1 is 1.04 bits per heavy atom. The Hall–Kier alpha value is -3.29. The number of anilines is 1. The minimum Gasteiger partial charge on any atom is -0.345 e. The highest BCUT2D eigenvalue weighted by Crippen LogP contribution is 2.17. The van der Waals surface area contributed by atoms with Crippen molar-refractivity contribution >= 4 is 17.4 Å². The van der Waals surface area contributed by atoms with Gasteiger partial charge in [0.25, 0.3) is 5.56 Å². The first-order chi connectivity index (χ1) is 13.0. The lowest BCUT2D eigenvalue weighted by Crippen LogP contribution is -2.50. The summed E-state index contributed by atoms with van der Waals surface area (Å²) in [6.07, 6.45) is 1.63. The predicted octanol–water partition coefficient (Wildman–Crippen LogP) is 1.82. The SMILES string of the molecule is O=C1CN(c2cc(=O)n3ccccc3n2)CCN1Cc1ccc(F)cc1F. The molecule has 0 aliphatic carbocycles. The molecule has 2 aromatic heterocycles. The van der Waals surface area contributed by atoms with Crippen molar-refractivity contribution in [2.75, 3.05) is 24.5 Å². The number of halogens is 2. The first kappa shape index (κ1) is 17.1. The third-order valence-electron chi connectivity index (χ3n) is 4.58. The standard InChI is InChI=1S/C19H16F2N4O2/c20-14-5-4-13(15(21)9-14)11-24-8-7-23(12-19(24)27)17-10-18(26)25-6-2-1-3-16(25)22-17/h1-6,9-10H,7-8,11-12H2. The normalized spacial score (nSPS) is 14.8. The Morgan fingerprint density at radius 3 is 2.67 bits per heavy atom. The number of pyridine rings is 1. The van der Waals surface area contributed by atoms with Crippen LogP contribution in [0.3, 0.4) is 0 Å². The largest absolute Gasteiger partial charge is 0.345 e. The van der Waals surface area contributed by atoms with Crippen LogP contribution in [0, 0.1) is 11.6 Å². The summed E-state index contributed by atoms with van der Waals surface area (Å²) in [7, 11) is 0. The first-order valence-corrected chi connectivity index (χ1v) is 8.46. The van der Waals surface area contributed by atoms with Crippen molar-refractivity contribution in [1.29, 1.82) is 0 Å². The molecule has 6 nitrogen and oxygen atoms in total. The van der Waals surface area contributed by atoms with E-state index in [1.807, 2.05) is 0 Å². The van der Waals surface area contributed by atoms with Crippen LogP contribution in [0.15, 0.2) is 53.5 Å². The minimum absolute atomic E-state index is 0.0399. The van der Waals surface area contributed by atoms with Gasteiger partial charge in [0, 0.05) is 43.5 Å². The van der Waals surface area contributed by atoms with Crippen LogP contribution in [0.2, 0.25) is 0 Å². The number of piperazine rings is 1. The van der Waals surface area contributed by atoms with Gasteiger partial charge in [-0.25, -0.2) is 13.8 Å². The van der Waals surface area contributed by atoms with Crippen LogP contribution in [-0.2, 0) is 11.3 Å². The highest BCUT2D eigenvalue weighted by atomic mass is 19.1. The quantitative estimate of drug-likeness (QED) is 0.706. The number of aromatic nitrogens is 2. The number of hydrogen-bond acceptors (Lipinski definition) is 4. The Kier molecular flexibility index (Phi) is 4.31. The highest BCUT2D eigenvalue weighted by molar-refractivity contribution is 5.82. The van der Waals surface area contributed by atoms with Gasteiger partial charge in [0.1, 0.15) is 23.1 Å². The second-order valence-electron chi connectivity index (χ2n) is 6.35. The topological polar surface area (TPSA) is 57.9 Å². The van der Waals surface area contributed by atoms with Gasteiger partial charge in [-0.15, -0.1) is 0 Å². The van der Waals surface area contributed by atoms with Crippen molar-refractivity contribution in [2.45, 2.75) is 6.54 Å². The van der Waals surface area contributed by atoms with E-state index in [-0.39, 0.29) is 30.1 Å². The molecule has 4 rings (SSSR count). The molecule has 1 aliphatic heterocycles. The summed E-state index contributed by atoms with van der Waals surface area (Å²) >= 11 is 0. The van der Waals surface area contributed by atoms with Crippen molar-refractivity contribution in [2.24, 2.45) is 0 Å². The highest BCUT2D eigenvalue weighted by Gasteiger charge is 2.26. The van der Waals surface area contributed by atoms with E-state index in [0.717, 1.165) is 6.07 Å². The fraction of sp³-hybridized carbons (Fsp3) is 0.211. The zero-order valence-corrected chi connectivity index (χ0v) is 14.3. The van der Waals surface area contributed by atoms with Gasteiger partial charge >= 0.3 is 0 Å². The van der Waals surface area contributed by atoms with Crippen molar-refractivity contribution in [3.05, 3.63) is 76.2 Å². The zero-order valence-electron chi connectivity index (χ0n) is 14.3. The van der Waals surface area contributed by atoms with Gasteiger partial charge < -0.3 is 9.80 Å². The van der Waals surface area contributed by atoms with Crippen LogP contribution in [0.4, 0.5) is 14.6 Å². The van der Waals surface area contributed by atoms with Gasteiger partial charge in [0.05, 0.1) is 6.54 Å². The fourth-order valence-corrected chi connectivity index (χ4v) is 3.13. The van der Waals surface area contributed by atoms with E-state index in [2.05, 4.69) is 4.98 Å². The summed E-state index contributed by atoms with van der Waals surface area (Å²) in [4.78, 5) is 32.4. The molecular weight excluding hydrogens is 354 g/mol. The summed E-state index contributed by atoms with van der Waals surface area (Å²) in [5.41, 5.74) is 0.544. The second kappa shape index (κ2) is 6.79. The van der Waals surface area contributed by atoms with Crippen LogP contribution < -0.4 is 10.5 Å². The number of carbonyl (C=O) groups is 1. The van der Waals surface area contributed by atoms with E-state index in [0.29, 0.717) is 24.6 Å². The molecule has 27 heavy (non-hydrogen) atoms. The summed E-state index contributed by atoms with van der Waals surface area (Å²) in [5.74, 6) is -1.09. The van der Waals surface area contributed by atoms with E-state index < -0.39 is 11.6 Å². The van der Waals surface area contributed by atoms with Gasteiger partial charge in [-0.3, -0.25) is 14.0 Å². The van der Waals surface area contributed by atoms with Gasteiger partial charge in [0.2, 0.25) is 5.91 Å². The maximum absolute atomic E-state index is 13.8. The van der Waals surface area contributed by atoms with Crippen LogP contribution in [0.5, 0.6) is 0 Å². The number of nitrogens with zero attached hydrogens (tertiary/aromatic N) is 4. The minimum atomic E-state index is -0.672. The first-order valence-electron chi connectivity index (χ1n) is 8.46. The van der Waals surface area contributed by atoms with Crippen molar-refractivity contribution in [3.8, 4) is 0 Å². The van der Waals surface area contributed by atoms with E-state index in [9.17, 15) is 18.4 Å². The molecule has 3 aromatic rings. The average molecular weight is 370 g/mol. The predicted molar refractivity (Wildman–Crippen MR) is 95.5 cm³/mol. The Bertz CT molecular complexity index is 1080. The van der Waals surface area contributed by atoms with Crippen LogP contribution in [-0.4, -0.2) is 39.8 Å². The van der Waals surface area contributed by atoms with Gasteiger partial charge in [0.15, 0.2) is 0 Å². The van der Waals surface area contributed by atoms with Gasteiger partial charge in [-0.1, -0.05) is 12.1 Å². The summed E-state index contributed by atoms with van der Waals surface area (Å²) in [6.45, 7) is 0.931. The van der Waals surface area contributed by atoms with Crippen LogP contribution >= 0.6 is 0 Å². The molecule has 0 bridgehead atoms. The van der Waals surface area contributed by atoms with E-state index in [1.54, 1.807) is 29.3 Å². The Balaban J connectivity index is 1.52. The Labute approximate surface area is 153 Å². The van der Waals surface area contributed by atoms with E-state index >= 15 is 0 Å². The Morgan fingerprint density at radius 2 is 1.89 bits per heavy atom. The molecule has 3 heterocycles. The smallest absolute Gasteiger partial charge is 0.259 e. The average Bonchev–Trinajstić information content (AvgIpc) is 2.65. The van der Waals surface area contributed by atoms with E-state index in [4.69, 9.17) is 0 Å². The summed E-state index contributed by atoms with van der Waals surface area (Å²) in [5, 5.41) is 0. The number of amides is 1. The molecule has 1 saturated heterocycles. The second-order valence-corrected chi connectivity index (χ2v) is 6.35. The monoisotopic (exact) mass is 370 g/mol. The van der Waals surface area contributed by atoms with Crippen LogP contribution in [0.1, 0.15) is 5.56 Å². The molecule has 0 radical (unpaired) electrons. The molecule has 0 N–H and O–H groups in total. The van der Waals surface area contributed by atoms with Crippen LogP contribution in [0.25, 0.3) is 5.65 Å². The molecule has 0 atom stereocenters. The summed E-state index contributed by atoms with van der Waals surface area (Å²) in [6, 6.07) is 9.97. The van der Waals surface area contributed by atoms with Gasteiger partial charge in [-0.05, 0) is 18.2 Å². The lowest BCUT2D eigenvalue weighted by Gasteiger charge is -2.35. The van der Waals surface area contributed by atoms with Crippen molar-refractivity contribution < 1.29 is 13.6 Å². The lowest BCUT2D eigenvalue weighted by molar-refractivity contribution is -0.131. The molecular formula is C19H16F2N4O2. The molecule has 8 heteroatoms. The van der Waals surface area contributed by atoms with E-state index in [1.165, 1.54) is 27.5 Å². The van der Waals surface area contributed by atoms with Crippen molar-refractivity contribution in [3.63, 3.8) is 0 Å². The summed E-state index contributed by atoms with van der Waals surface area (Å²) < 4.78 is 28.3. The van der Waals surface area contributed by atoms with Gasteiger partial charge in [-0.2, -0.15) is 0 Å². The maximum atomic E-state index is 13.8. The third-order valence-corrected chi connectivity index (χ3v) is 4.58. The molecule has 1 aromatic carbocycles. The molecule has 0 unspecified atom stereocenters.